The van der Waals surface area contributed by atoms with Crippen molar-refractivity contribution in [1.82, 2.24) is 5.32 Å². The molecule has 2 aromatic rings. The second kappa shape index (κ2) is 8.68. The highest BCUT2D eigenvalue weighted by Crippen LogP contribution is 2.31. The third-order valence-corrected chi connectivity index (χ3v) is 5.23. The quantitative estimate of drug-likeness (QED) is 0.487. The van der Waals surface area contributed by atoms with E-state index in [0.717, 1.165) is 4.90 Å². The number of barbiturate groups is 1. The number of amides is 4. The summed E-state index contributed by atoms with van der Waals surface area (Å²) in [5.74, 6) is -2.47. The molecule has 8 nitrogen and oxygen atoms in total. The summed E-state index contributed by atoms with van der Waals surface area (Å²) in [6.45, 7) is 1.14. The minimum Gasteiger partial charge on any atom is -0.481 e. The summed E-state index contributed by atoms with van der Waals surface area (Å²) in [6, 6.07) is 8.49. The van der Waals surface area contributed by atoms with Gasteiger partial charge in [0, 0.05) is 5.02 Å². The molecule has 0 aromatic heterocycles. The molecular formula is C20H14BrClN2O6. The van der Waals surface area contributed by atoms with Gasteiger partial charge in [0.05, 0.1) is 10.2 Å². The van der Waals surface area contributed by atoms with Gasteiger partial charge in [-0.3, -0.25) is 14.9 Å². The summed E-state index contributed by atoms with van der Waals surface area (Å²) in [4.78, 5) is 49.1. The van der Waals surface area contributed by atoms with Gasteiger partial charge in [-0.2, -0.15) is 0 Å². The van der Waals surface area contributed by atoms with Gasteiger partial charge < -0.3 is 9.84 Å². The van der Waals surface area contributed by atoms with E-state index < -0.39 is 30.4 Å². The van der Waals surface area contributed by atoms with Crippen LogP contribution < -0.4 is 15.0 Å². The van der Waals surface area contributed by atoms with Crippen molar-refractivity contribution < 1.29 is 29.0 Å². The molecule has 0 spiro atoms. The number of carbonyl (C=O) groups excluding carboxylic acids is 3. The molecule has 1 fully saturated rings. The maximum atomic E-state index is 13.0. The second-order valence-electron chi connectivity index (χ2n) is 6.21. The van der Waals surface area contributed by atoms with E-state index >= 15 is 0 Å². The fourth-order valence-corrected chi connectivity index (χ4v) is 3.43. The first-order valence-electron chi connectivity index (χ1n) is 8.49. The molecule has 0 bridgehead atoms. The first-order chi connectivity index (χ1) is 14.2. The number of hydrogen-bond acceptors (Lipinski definition) is 5. The van der Waals surface area contributed by atoms with Crippen molar-refractivity contribution >= 4 is 63.1 Å². The van der Waals surface area contributed by atoms with Crippen LogP contribution >= 0.6 is 27.5 Å². The van der Waals surface area contributed by atoms with Gasteiger partial charge in [-0.15, -0.1) is 0 Å². The van der Waals surface area contributed by atoms with Crippen molar-refractivity contribution in [2.75, 3.05) is 11.5 Å². The molecule has 1 saturated heterocycles. The molecule has 1 heterocycles. The predicted molar refractivity (Wildman–Crippen MR) is 112 cm³/mol. The highest BCUT2D eigenvalue weighted by Gasteiger charge is 2.37. The summed E-state index contributed by atoms with van der Waals surface area (Å²) in [5, 5.41) is 11.2. The molecule has 10 heteroatoms. The molecule has 3 rings (SSSR count). The van der Waals surface area contributed by atoms with Gasteiger partial charge >= 0.3 is 12.0 Å². The lowest BCUT2D eigenvalue weighted by Gasteiger charge is -2.27. The first-order valence-corrected chi connectivity index (χ1v) is 9.67. The standard InChI is InChI=1S/C20H14BrClN2O6/c1-10-14(22)3-2-4-15(10)24-19(28)12(18(27)23-20(24)29)7-11-5-6-16(13(21)8-11)30-9-17(25)26/h2-8H,9H2,1H3,(H,25,26)(H,23,27,29). The van der Waals surface area contributed by atoms with Gasteiger partial charge in [0.25, 0.3) is 11.8 Å². The lowest BCUT2D eigenvalue weighted by atomic mass is 10.1. The minimum absolute atomic E-state index is 0.250. The van der Waals surface area contributed by atoms with E-state index in [1.54, 1.807) is 37.3 Å². The zero-order valence-corrected chi connectivity index (χ0v) is 17.8. The molecule has 1 aliphatic rings. The van der Waals surface area contributed by atoms with E-state index in [2.05, 4.69) is 21.2 Å². The van der Waals surface area contributed by atoms with E-state index in [1.807, 2.05) is 0 Å². The van der Waals surface area contributed by atoms with Crippen LogP contribution in [0.3, 0.4) is 0 Å². The summed E-state index contributed by atoms with van der Waals surface area (Å²) < 4.78 is 5.55. The van der Waals surface area contributed by atoms with Gasteiger partial charge in [0.2, 0.25) is 0 Å². The Labute approximate surface area is 184 Å². The van der Waals surface area contributed by atoms with E-state index in [4.69, 9.17) is 21.4 Å². The minimum atomic E-state index is -1.13. The predicted octanol–water partition coefficient (Wildman–Crippen LogP) is 3.54. The fraction of sp³-hybridized carbons (Fsp3) is 0.100. The number of ether oxygens (including phenoxy) is 1. The number of halogens is 2. The van der Waals surface area contributed by atoms with E-state index in [9.17, 15) is 19.2 Å². The summed E-state index contributed by atoms with van der Waals surface area (Å²) in [7, 11) is 0. The normalized spacial score (nSPS) is 15.4. The number of aliphatic carboxylic acids is 1. The number of benzene rings is 2. The van der Waals surface area contributed by atoms with Crippen molar-refractivity contribution in [2.24, 2.45) is 0 Å². The van der Waals surface area contributed by atoms with Gasteiger partial charge in [-0.1, -0.05) is 23.7 Å². The molecule has 154 valence electrons. The summed E-state index contributed by atoms with van der Waals surface area (Å²) >= 11 is 9.35. The van der Waals surface area contributed by atoms with E-state index in [-0.39, 0.29) is 17.0 Å². The Kier molecular flexibility index (Phi) is 6.23. The van der Waals surface area contributed by atoms with Gasteiger partial charge in [0.15, 0.2) is 6.61 Å². The van der Waals surface area contributed by atoms with Crippen LogP contribution in [0.25, 0.3) is 6.08 Å². The zero-order valence-electron chi connectivity index (χ0n) is 15.4. The number of nitrogens with zero attached hydrogens (tertiary/aromatic N) is 1. The maximum absolute atomic E-state index is 13.0. The molecule has 2 aromatic carbocycles. The molecule has 1 aliphatic heterocycles. The average Bonchev–Trinajstić information content (AvgIpc) is 2.67. The Morgan fingerprint density at radius 3 is 2.67 bits per heavy atom. The summed E-state index contributed by atoms with van der Waals surface area (Å²) in [5.41, 5.74) is 0.987. The largest absolute Gasteiger partial charge is 0.481 e. The molecule has 0 unspecified atom stereocenters. The number of rotatable bonds is 5. The Hall–Kier alpha value is -3.17. The molecule has 4 amide bonds. The van der Waals surface area contributed by atoms with Crippen molar-refractivity contribution in [2.45, 2.75) is 6.92 Å². The monoisotopic (exact) mass is 492 g/mol. The molecule has 30 heavy (non-hydrogen) atoms. The van der Waals surface area contributed by atoms with Crippen LogP contribution in [0.15, 0.2) is 46.4 Å². The number of nitrogens with one attached hydrogen (secondary N) is 1. The van der Waals surface area contributed by atoms with Crippen LogP contribution in [-0.4, -0.2) is 35.5 Å². The Morgan fingerprint density at radius 2 is 2.00 bits per heavy atom. The van der Waals surface area contributed by atoms with Crippen LogP contribution in [0, 0.1) is 6.92 Å². The number of imide groups is 2. The highest BCUT2D eigenvalue weighted by atomic mass is 79.9. The van der Waals surface area contributed by atoms with Gasteiger partial charge in [-0.25, -0.2) is 14.5 Å². The van der Waals surface area contributed by atoms with Crippen molar-refractivity contribution in [3.8, 4) is 5.75 Å². The number of urea groups is 1. The molecule has 0 saturated carbocycles. The van der Waals surface area contributed by atoms with Crippen molar-refractivity contribution in [1.29, 1.82) is 0 Å². The number of hydrogen-bond donors (Lipinski definition) is 2. The third kappa shape index (κ3) is 4.37. The lowest BCUT2D eigenvalue weighted by molar-refractivity contribution is -0.139. The number of carboxylic acids is 1. The molecule has 0 radical (unpaired) electrons. The molecule has 2 N–H and O–H groups in total. The Morgan fingerprint density at radius 1 is 1.27 bits per heavy atom. The smallest absolute Gasteiger partial charge is 0.341 e. The lowest BCUT2D eigenvalue weighted by Crippen LogP contribution is -2.54. The van der Waals surface area contributed by atoms with Gasteiger partial charge in [-0.05, 0) is 64.3 Å². The number of carbonyl (C=O) groups is 4. The SMILES string of the molecule is Cc1c(Cl)cccc1N1C(=O)NC(=O)C(=Cc2ccc(OCC(=O)O)c(Br)c2)C1=O. The maximum Gasteiger partial charge on any atom is 0.341 e. The van der Waals surface area contributed by atoms with Crippen LogP contribution in [-0.2, 0) is 14.4 Å². The molecule has 0 atom stereocenters. The third-order valence-electron chi connectivity index (χ3n) is 4.20. The first kappa shape index (κ1) is 21.5. The van der Waals surface area contributed by atoms with Crippen LogP contribution in [0.1, 0.15) is 11.1 Å². The van der Waals surface area contributed by atoms with Crippen LogP contribution in [0.5, 0.6) is 5.75 Å². The summed E-state index contributed by atoms with van der Waals surface area (Å²) in [6.07, 6.45) is 1.32. The fourth-order valence-electron chi connectivity index (χ4n) is 2.74. The number of carboxylic acid groups (broad SMARTS) is 1. The van der Waals surface area contributed by atoms with Crippen molar-refractivity contribution in [3.05, 3.63) is 62.6 Å². The van der Waals surface area contributed by atoms with Gasteiger partial charge in [0.1, 0.15) is 11.3 Å². The number of anilines is 1. The topological polar surface area (TPSA) is 113 Å². The zero-order chi connectivity index (χ0) is 22.0. The Balaban J connectivity index is 1.96. The Bertz CT molecular complexity index is 1110. The molecular weight excluding hydrogens is 480 g/mol. The second-order valence-corrected chi connectivity index (χ2v) is 7.48. The van der Waals surface area contributed by atoms with E-state index in [0.29, 0.717) is 20.6 Å². The molecule has 0 aliphatic carbocycles. The average molecular weight is 494 g/mol. The van der Waals surface area contributed by atoms with E-state index in [1.165, 1.54) is 12.1 Å². The van der Waals surface area contributed by atoms with Crippen molar-refractivity contribution in [3.63, 3.8) is 0 Å². The highest BCUT2D eigenvalue weighted by molar-refractivity contribution is 9.10. The van der Waals surface area contributed by atoms with Crippen LogP contribution in [0.2, 0.25) is 5.02 Å². The van der Waals surface area contributed by atoms with Crippen LogP contribution in [0.4, 0.5) is 10.5 Å².